The molecule has 3 rings (SSSR count). The summed E-state index contributed by atoms with van der Waals surface area (Å²) in [4.78, 5) is 10.1. The summed E-state index contributed by atoms with van der Waals surface area (Å²) in [5.74, 6) is 1.71. The van der Waals surface area contributed by atoms with Crippen molar-refractivity contribution in [2.24, 2.45) is 0 Å². The van der Waals surface area contributed by atoms with Crippen molar-refractivity contribution in [2.45, 2.75) is 39.3 Å². The van der Waals surface area contributed by atoms with Crippen LogP contribution >= 0.6 is 11.3 Å². The van der Waals surface area contributed by atoms with Gasteiger partial charge >= 0.3 is 0 Å². The van der Waals surface area contributed by atoms with Crippen LogP contribution in [0.1, 0.15) is 24.7 Å². The van der Waals surface area contributed by atoms with E-state index < -0.39 is 0 Å². The fourth-order valence-electron chi connectivity index (χ4n) is 2.49. The van der Waals surface area contributed by atoms with Gasteiger partial charge in [0.15, 0.2) is 0 Å². The first-order valence-corrected chi connectivity index (χ1v) is 8.20. The van der Waals surface area contributed by atoms with Crippen molar-refractivity contribution in [1.29, 1.82) is 0 Å². The highest BCUT2D eigenvalue weighted by Gasteiger charge is 2.18. The van der Waals surface area contributed by atoms with Crippen molar-refractivity contribution < 1.29 is 9.47 Å². The van der Waals surface area contributed by atoms with Gasteiger partial charge in [0.05, 0.1) is 24.7 Å². The maximum absolute atomic E-state index is 5.86. The Hall–Kier alpha value is -1.24. The van der Waals surface area contributed by atoms with Gasteiger partial charge in [-0.25, -0.2) is 9.97 Å². The van der Waals surface area contributed by atoms with Crippen molar-refractivity contribution in [3.05, 3.63) is 16.8 Å². The van der Waals surface area contributed by atoms with Crippen molar-refractivity contribution >= 4 is 27.4 Å². The predicted molar refractivity (Wildman–Crippen MR) is 85.1 cm³/mol. The average molecular weight is 307 g/mol. The Balaban J connectivity index is 1.69. The Morgan fingerprint density at radius 2 is 2.33 bits per heavy atom. The van der Waals surface area contributed by atoms with Gasteiger partial charge in [-0.2, -0.15) is 0 Å². The number of thiophene rings is 1. The molecule has 0 aliphatic carbocycles. The third kappa shape index (κ3) is 3.33. The van der Waals surface area contributed by atoms with E-state index in [1.807, 2.05) is 6.92 Å². The normalized spacial score (nSPS) is 20.0. The number of aryl methyl sites for hydroxylation is 2. The number of ether oxygens (including phenoxy) is 2. The molecular weight excluding hydrogens is 286 g/mol. The topological polar surface area (TPSA) is 56.3 Å². The smallest absolute Gasteiger partial charge is 0.139 e. The third-order valence-corrected chi connectivity index (χ3v) is 4.57. The van der Waals surface area contributed by atoms with Gasteiger partial charge in [-0.1, -0.05) is 0 Å². The second kappa shape index (κ2) is 6.25. The van der Waals surface area contributed by atoms with E-state index in [0.29, 0.717) is 13.2 Å². The van der Waals surface area contributed by atoms with Gasteiger partial charge in [-0.3, -0.25) is 0 Å². The van der Waals surface area contributed by atoms with E-state index in [2.05, 4.69) is 34.5 Å². The van der Waals surface area contributed by atoms with E-state index in [4.69, 9.17) is 9.47 Å². The SMILES string of the molecule is Cc1nc(NC(C)COC2CCOC2)c2c(C)csc2n1. The summed E-state index contributed by atoms with van der Waals surface area (Å²) in [6.45, 7) is 8.32. The first-order chi connectivity index (χ1) is 10.1. The van der Waals surface area contributed by atoms with Crippen LogP contribution in [0.3, 0.4) is 0 Å². The molecule has 1 saturated heterocycles. The van der Waals surface area contributed by atoms with Crippen molar-refractivity contribution in [1.82, 2.24) is 9.97 Å². The fourth-order valence-corrected chi connectivity index (χ4v) is 3.46. The summed E-state index contributed by atoms with van der Waals surface area (Å²) in [5.41, 5.74) is 1.22. The summed E-state index contributed by atoms with van der Waals surface area (Å²) < 4.78 is 11.2. The molecule has 1 fully saturated rings. The zero-order valence-electron chi connectivity index (χ0n) is 12.7. The number of aromatic nitrogens is 2. The molecule has 5 nitrogen and oxygen atoms in total. The van der Waals surface area contributed by atoms with Crippen LogP contribution in [0.5, 0.6) is 0 Å². The molecule has 1 aliphatic rings. The molecule has 2 aromatic rings. The first-order valence-electron chi connectivity index (χ1n) is 7.32. The highest BCUT2D eigenvalue weighted by Crippen LogP contribution is 2.29. The molecule has 0 amide bonds. The lowest BCUT2D eigenvalue weighted by Crippen LogP contribution is -2.26. The second-order valence-corrected chi connectivity index (χ2v) is 6.44. The molecular formula is C15H21N3O2S. The molecule has 2 unspecified atom stereocenters. The summed E-state index contributed by atoms with van der Waals surface area (Å²) in [5, 5.41) is 6.72. The maximum atomic E-state index is 5.86. The monoisotopic (exact) mass is 307 g/mol. The molecule has 2 aromatic heterocycles. The van der Waals surface area contributed by atoms with Gasteiger partial charge in [0.25, 0.3) is 0 Å². The van der Waals surface area contributed by atoms with Gasteiger partial charge in [0.1, 0.15) is 16.5 Å². The van der Waals surface area contributed by atoms with Gasteiger partial charge in [-0.15, -0.1) is 11.3 Å². The van der Waals surface area contributed by atoms with Gasteiger partial charge in [0.2, 0.25) is 0 Å². The van der Waals surface area contributed by atoms with Crippen molar-refractivity contribution in [3.63, 3.8) is 0 Å². The molecule has 1 N–H and O–H groups in total. The zero-order chi connectivity index (χ0) is 14.8. The Labute approximate surface area is 128 Å². The maximum Gasteiger partial charge on any atom is 0.139 e. The van der Waals surface area contributed by atoms with Gasteiger partial charge in [-0.05, 0) is 38.1 Å². The summed E-state index contributed by atoms with van der Waals surface area (Å²) in [7, 11) is 0. The van der Waals surface area contributed by atoms with E-state index >= 15 is 0 Å². The minimum atomic E-state index is 0.197. The van der Waals surface area contributed by atoms with Crippen molar-refractivity contribution in [3.8, 4) is 0 Å². The molecule has 0 bridgehead atoms. The standard InChI is InChI=1S/C15H21N3O2S/c1-9-8-21-15-13(9)14(17-11(3)18-15)16-10(2)6-20-12-4-5-19-7-12/h8,10,12H,4-7H2,1-3H3,(H,16,17,18). The summed E-state index contributed by atoms with van der Waals surface area (Å²) >= 11 is 1.66. The molecule has 0 radical (unpaired) electrons. The molecule has 2 atom stereocenters. The number of hydrogen-bond acceptors (Lipinski definition) is 6. The quantitative estimate of drug-likeness (QED) is 0.920. The second-order valence-electron chi connectivity index (χ2n) is 5.58. The largest absolute Gasteiger partial charge is 0.379 e. The molecule has 114 valence electrons. The number of fused-ring (bicyclic) bond motifs is 1. The van der Waals surface area contributed by atoms with Crippen LogP contribution in [0.2, 0.25) is 0 Å². The lowest BCUT2D eigenvalue weighted by molar-refractivity contribution is 0.0395. The minimum absolute atomic E-state index is 0.197. The highest BCUT2D eigenvalue weighted by molar-refractivity contribution is 7.17. The Morgan fingerprint density at radius 1 is 1.48 bits per heavy atom. The number of nitrogens with one attached hydrogen (secondary N) is 1. The van der Waals surface area contributed by atoms with Crippen LogP contribution in [0.15, 0.2) is 5.38 Å². The van der Waals surface area contributed by atoms with Crippen LogP contribution in [0, 0.1) is 13.8 Å². The van der Waals surface area contributed by atoms with E-state index in [0.717, 1.165) is 34.9 Å². The summed E-state index contributed by atoms with van der Waals surface area (Å²) in [6, 6.07) is 0.197. The molecule has 0 aromatic carbocycles. The summed E-state index contributed by atoms with van der Waals surface area (Å²) in [6.07, 6.45) is 1.23. The molecule has 1 aliphatic heterocycles. The molecule has 3 heterocycles. The predicted octanol–water partition coefficient (Wildman–Crippen LogP) is 2.91. The van der Waals surface area contributed by atoms with E-state index in [1.54, 1.807) is 11.3 Å². The van der Waals surface area contributed by atoms with Gasteiger partial charge in [0, 0.05) is 12.6 Å². The number of hydrogen-bond donors (Lipinski definition) is 1. The molecule has 6 heteroatoms. The lowest BCUT2D eigenvalue weighted by Gasteiger charge is -2.18. The third-order valence-electron chi connectivity index (χ3n) is 3.58. The molecule has 0 saturated carbocycles. The van der Waals surface area contributed by atoms with Crippen LogP contribution < -0.4 is 5.32 Å². The van der Waals surface area contributed by atoms with E-state index in [-0.39, 0.29) is 12.1 Å². The zero-order valence-corrected chi connectivity index (χ0v) is 13.5. The van der Waals surface area contributed by atoms with E-state index in [1.165, 1.54) is 5.56 Å². The molecule has 0 spiro atoms. The van der Waals surface area contributed by atoms with E-state index in [9.17, 15) is 0 Å². The lowest BCUT2D eigenvalue weighted by atomic mass is 10.2. The first kappa shape index (κ1) is 14.7. The van der Waals surface area contributed by atoms with Crippen LogP contribution in [0.4, 0.5) is 5.82 Å². The molecule has 21 heavy (non-hydrogen) atoms. The van der Waals surface area contributed by atoms with Crippen molar-refractivity contribution in [2.75, 3.05) is 25.1 Å². The number of rotatable bonds is 5. The van der Waals surface area contributed by atoms with Gasteiger partial charge < -0.3 is 14.8 Å². The van der Waals surface area contributed by atoms with Crippen LogP contribution in [0.25, 0.3) is 10.2 Å². The van der Waals surface area contributed by atoms with Crippen LogP contribution in [-0.2, 0) is 9.47 Å². The minimum Gasteiger partial charge on any atom is -0.379 e. The average Bonchev–Trinajstić information content (AvgIpc) is 3.06. The number of nitrogens with zero attached hydrogens (tertiary/aromatic N) is 2. The Morgan fingerprint density at radius 3 is 3.10 bits per heavy atom. The number of anilines is 1. The highest BCUT2D eigenvalue weighted by atomic mass is 32.1. The van der Waals surface area contributed by atoms with Crippen LogP contribution in [-0.4, -0.2) is 41.9 Å². The fraction of sp³-hybridized carbons (Fsp3) is 0.600. The Kier molecular flexibility index (Phi) is 4.37. The Bertz CT molecular complexity index is 623.